The predicted molar refractivity (Wildman–Crippen MR) is 132 cm³/mol. The second kappa shape index (κ2) is 10.1. The zero-order chi connectivity index (χ0) is 24.6. The maximum Gasteiger partial charge on any atom is 0.311 e. The van der Waals surface area contributed by atoms with Crippen LogP contribution in [0.2, 0.25) is 0 Å². The number of thioether (sulfide) groups is 1. The first-order chi connectivity index (χ1) is 16.2. The average Bonchev–Trinajstić information content (AvgIpc) is 3.17. The topological polar surface area (TPSA) is 87.2 Å². The number of amides is 2. The Morgan fingerprint density at radius 1 is 1.15 bits per heavy atom. The van der Waals surface area contributed by atoms with E-state index in [0.717, 1.165) is 19.3 Å². The van der Waals surface area contributed by atoms with Crippen LogP contribution in [0.1, 0.15) is 53.4 Å². The molecule has 0 aromatic rings. The second-order valence-corrected chi connectivity index (χ2v) is 12.1. The number of hydrogen-bond donors (Lipinski definition) is 1. The number of aliphatic hydroxyl groups is 1. The summed E-state index contributed by atoms with van der Waals surface area (Å²) in [5.74, 6) is -1.78. The highest BCUT2D eigenvalue weighted by atomic mass is 32.2. The predicted octanol–water partition coefficient (Wildman–Crippen LogP) is 2.78. The quantitative estimate of drug-likeness (QED) is 0.471. The average molecular weight is 491 g/mol. The molecule has 4 aliphatic heterocycles. The van der Waals surface area contributed by atoms with Crippen molar-refractivity contribution in [2.45, 2.75) is 81.5 Å². The van der Waals surface area contributed by atoms with Gasteiger partial charge in [0.1, 0.15) is 6.04 Å². The van der Waals surface area contributed by atoms with Gasteiger partial charge in [-0.25, -0.2) is 0 Å². The number of rotatable bonds is 5. The molecule has 0 aliphatic carbocycles. The van der Waals surface area contributed by atoms with Crippen LogP contribution in [0.3, 0.4) is 0 Å². The third kappa shape index (κ3) is 4.21. The summed E-state index contributed by atoms with van der Waals surface area (Å²) in [4.78, 5) is 45.0. The summed E-state index contributed by atoms with van der Waals surface area (Å²) in [6.45, 7) is 8.64. The van der Waals surface area contributed by atoms with Crippen molar-refractivity contribution in [2.24, 2.45) is 17.8 Å². The van der Waals surface area contributed by atoms with Crippen molar-refractivity contribution in [1.82, 2.24) is 9.80 Å². The molecule has 6 atom stereocenters. The van der Waals surface area contributed by atoms with E-state index in [1.807, 2.05) is 45.9 Å². The highest BCUT2D eigenvalue weighted by Crippen LogP contribution is 2.61. The summed E-state index contributed by atoms with van der Waals surface area (Å²) in [6.07, 6.45) is 11.4. The van der Waals surface area contributed by atoms with E-state index in [9.17, 15) is 19.5 Å². The first-order valence-electron chi connectivity index (χ1n) is 12.6. The van der Waals surface area contributed by atoms with Crippen molar-refractivity contribution in [3.05, 3.63) is 24.3 Å². The van der Waals surface area contributed by atoms with Crippen molar-refractivity contribution >= 4 is 29.5 Å². The molecule has 0 aromatic carbocycles. The van der Waals surface area contributed by atoms with Gasteiger partial charge in [-0.1, -0.05) is 38.2 Å². The number of ether oxygens (including phenoxy) is 1. The smallest absolute Gasteiger partial charge is 0.311 e. The molecule has 4 heterocycles. The van der Waals surface area contributed by atoms with Gasteiger partial charge < -0.3 is 19.6 Å². The number of nitrogens with zero attached hydrogens (tertiary/aromatic N) is 2. The van der Waals surface area contributed by atoms with Crippen molar-refractivity contribution in [3.63, 3.8) is 0 Å². The minimum absolute atomic E-state index is 0.0297. The van der Waals surface area contributed by atoms with Crippen LogP contribution in [-0.2, 0) is 19.1 Å². The summed E-state index contributed by atoms with van der Waals surface area (Å²) in [7, 11) is 0. The number of cyclic esters (lactones) is 1. The molecule has 0 aromatic heterocycles. The maximum atomic E-state index is 14.2. The largest absolute Gasteiger partial charge is 0.465 e. The van der Waals surface area contributed by atoms with E-state index in [4.69, 9.17) is 4.74 Å². The molecule has 1 N–H and O–H groups in total. The summed E-state index contributed by atoms with van der Waals surface area (Å²) < 4.78 is 4.78. The molecular formula is C26H38N2O5S. The molecule has 1 unspecified atom stereocenters. The lowest BCUT2D eigenvalue weighted by Crippen LogP contribution is -2.57. The molecule has 188 valence electrons. The molecule has 1 spiro atoms. The molecule has 0 radical (unpaired) electrons. The van der Waals surface area contributed by atoms with E-state index < -0.39 is 28.7 Å². The molecule has 4 aliphatic rings. The molecule has 7 nitrogen and oxygen atoms in total. The Bertz CT molecular complexity index is 871. The molecule has 4 rings (SSSR count). The summed E-state index contributed by atoms with van der Waals surface area (Å²) >= 11 is 1.56. The normalized spacial score (nSPS) is 35.7. The number of fused-ring (bicyclic) bond motifs is 2. The van der Waals surface area contributed by atoms with Gasteiger partial charge in [0.25, 0.3) is 0 Å². The molecule has 34 heavy (non-hydrogen) atoms. The van der Waals surface area contributed by atoms with Crippen molar-refractivity contribution in [1.29, 1.82) is 0 Å². The Kier molecular flexibility index (Phi) is 7.48. The SMILES string of the molecule is CC(C)C[C@H](CO)N1C(=O)[C@@H]2[C@@H]3C(=O)OCCCC/C=C\[C@@H]3S[C@@]23C=CCN(C(C)C)C(=O)C13. The number of carbonyl (C=O) groups excluding carboxylic acids is 3. The van der Waals surface area contributed by atoms with Crippen LogP contribution in [0.5, 0.6) is 0 Å². The summed E-state index contributed by atoms with van der Waals surface area (Å²) in [5.41, 5.74) is 0. The minimum atomic E-state index is -0.866. The van der Waals surface area contributed by atoms with Crippen LogP contribution in [0.25, 0.3) is 0 Å². The van der Waals surface area contributed by atoms with E-state index in [-0.39, 0.29) is 41.6 Å². The van der Waals surface area contributed by atoms with Crippen molar-refractivity contribution in [2.75, 3.05) is 19.8 Å². The minimum Gasteiger partial charge on any atom is -0.465 e. The van der Waals surface area contributed by atoms with E-state index in [2.05, 4.69) is 6.08 Å². The summed E-state index contributed by atoms with van der Waals surface area (Å²) in [6, 6.07) is -1.27. The van der Waals surface area contributed by atoms with Gasteiger partial charge in [-0.15, -0.1) is 11.8 Å². The van der Waals surface area contributed by atoms with Gasteiger partial charge in [0.15, 0.2) is 0 Å². The van der Waals surface area contributed by atoms with E-state index in [1.165, 1.54) is 0 Å². The first-order valence-corrected chi connectivity index (χ1v) is 13.5. The second-order valence-electron chi connectivity index (χ2n) is 10.6. The standard InChI is InChI=1S/C26H38N2O5S/c1-16(2)14-18(15-29)28-22-24(31)27(17(3)4)12-9-11-26(22)21(23(28)30)20-19(34-26)10-7-5-6-8-13-33-25(20)32/h7,9-11,16-22,29H,5-6,8,12-15H2,1-4H3/b10-7-/t18-,19+,20-,21+,22?,26+/m1/s1. The van der Waals surface area contributed by atoms with E-state index in [0.29, 0.717) is 19.6 Å². The highest BCUT2D eigenvalue weighted by molar-refractivity contribution is 8.02. The van der Waals surface area contributed by atoms with E-state index in [1.54, 1.807) is 21.6 Å². The molecule has 2 fully saturated rings. The Morgan fingerprint density at radius 3 is 2.59 bits per heavy atom. The number of aliphatic hydroxyl groups excluding tert-OH is 1. The fraction of sp³-hybridized carbons (Fsp3) is 0.731. The van der Waals surface area contributed by atoms with Gasteiger partial charge in [-0.05, 0) is 45.4 Å². The van der Waals surface area contributed by atoms with Crippen molar-refractivity contribution in [3.8, 4) is 0 Å². The zero-order valence-corrected chi connectivity index (χ0v) is 21.5. The fourth-order valence-corrected chi connectivity index (χ4v) is 8.04. The number of likely N-dealkylation sites (tertiary alicyclic amines) is 1. The third-order valence-corrected chi connectivity index (χ3v) is 9.29. The highest BCUT2D eigenvalue weighted by Gasteiger charge is 2.71. The maximum absolute atomic E-state index is 14.2. The lowest BCUT2D eigenvalue weighted by Gasteiger charge is -2.39. The Balaban J connectivity index is 1.85. The van der Waals surface area contributed by atoms with Crippen LogP contribution in [0, 0.1) is 17.8 Å². The van der Waals surface area contributed by atoms with Crippen LogP contribution >= 0.6 is 11.8 Å². The van der Waals surface area contributed by atoms with Gasteiger partial charge in [-0.3, -0.25) is 14.4 Å². The molecule has 0 saturated carbocycles. The van der Waals surface area contributed by atoms with Gasteiger partial charge in [0.05, 0.1) is 35.8 Å². The monoisotopic (exact) mass is 490 g/mol. The molecule has 2 saturated heterocycles. The van der Waals surface area contributed by atoms with Crippen LogP contribution < -0.4 is 0 Å². The third-order valence-electron chi connectivity index (χ3n) is 7.54. The molecule has 0 bridgehead atoms. The fourth-order valence-electron chi connectivity index (χ4n) is 6.05. The van der Waals surface area contributed by atoms with E-state index >= 15 is 0 Å². The van der Waals surface area contributed by atoms with Crippen LogP contribution in [-0.4, -0.2) is 80.6 Å². The van der Waals surface area contributed by atoms with Crippen molar-refractivity contribution < 1.29 is 24.2 Å². The Labute approximate surface area is 206 Å². The lowest BCUT2D eigenvalue weighted by atomic mass is 9.78. The van der Waals surface area contributed by atoms with Gasteiger partial charge in [-0.2, -0.15) is 0 Å². The number of carbonyl (C=O) groups is 3. The first kappa shape index (κ1) is 25.3. The number of allylic oxidation sites excluding steroid dienone is 1. The molecule has 2 amide bonds. The van der Waals surface area contributed by atoms with Crippen LogP contribution in [0.4, 0.5) is 0 Å². The Hall–Kier alpha value is -1.80. The molecule has 8 heteroatoms. The van der Waals surface area contributed by atoms with Crippen LogP contribution in [0.15, 0.2) is 24.3 Å². The van der Waals surface area contributed by atoms with Gasteiger partial charge in [0.2, 0.25) is 11.8 Å². The van der Waals surface area contributed by atoms with Gasteiger partial charge in [0, 0.05) is 17.8 Å². The number of esters is 1. The molecular weight excluding hydrogens is 452 g/mol. The van der Waals surface area contributed by atoms with Gasteiger partial charge >= 0.3 is 5.97 Å². The lowest BCUT2D eigenvalue weighted by molar-refractivity contribution is -0.154. The Morgan fingerprint density at radius 2 is 1.91 bits per heavy atom. The zero-order valence-electron chi connectivity index (χ0n) is 20.7. The number of hydrogen-bond acceptors (Lipinski definition) is 6. The summed E-state index contributed by atoms with van der Waals surface area (Å²) in [5, 5.41) is 10.1.